The molecule has 2 rings (SSSR count). The van der Waals surface area contributed by atoms with Gasteiger partial charge in [0.1, 0.15) is 0 Å². The molecule has 1 unspecified atom stereocenters. The average Bonchev–Trinajstić information content (AvgIpc) is 2.41. The van der Waals surface area contributed by atoms with Crippen LogP contribution in [0.3, 0.4) is 0 Å². The van der Waals surface area contributed by atoms with Gasteiger partial charge in [-0.1, -0.05) is 27.2 Å². The van der Waals surface area contributed by atoms with Gasteiger partial charge in [-0.2, -0.15) is 0 Å². The molecule has 0 aromatic rings. The number of rotatable bonds is 1. The van der Waals surface area contributed by atoms with Crippen LogP contribution in [0.1, 0.15) is 46.5 Å². The summed E-state index contributed by atoms with van der Waals surface area (Å²) in [6, 6.07) is 0. The van der Waals surface area contributed by atoms with Gasteiger partial charge in [-0.15, -0.1) is 0 Å². The van der Waals surface area contributed by atoms with Crippen LogP contribution in [0.15, 0.2) is 0 Å². The quantitative estimate of drug-likeness (QED) is 0.699. The van der Waals surface area contributed by atoms with Crippen molar-refractivity contribution in [1.29, 1.82) is 0 Å². The lowest BCUT2D eigenvalue weighted by atomic mass is 9.57. The number of fused-ring (bicyclic) bond motifs is 1. The fourth-order valence-electron chi connectivity index (χ4n) is 4.25. The van der Waals surface area contributed by atoms with Crippen molar-refractivity contribution in [2.45, 2.75) is 52.6 Å². The van der Waals surface area contributed by atoms with E-state index < -0.39 is 0 Å². The number of hydrogen-bond acceptors (Lipinski definition) is 2. The van der Waals surface area contributed by atoms with Gasteiger partial charge in [0.25, 0.3) is 0 Å². The van der Waals surface area contributed by atoms with Gasteiger partial charge < -0.3 is 10.2 Å². The van der Waals surface area contributed by atoms with Crippen LogP contribution in [0.4, 0.5) is 0 Å². The smallest absolute Gasteiger partial charge is 0.0646 e. The molecule has 0 heterocycles. The van der Waals surface area contributed by atoms with Crippen molar-refractivity contribution in [2.24, 2.45) is 22.7 Å². The molecular formula is C13H24O2. The van der Waals surface area contributed by atoms with Gasteiger partial charge in [-0.05, 0) is 36.0 Å². The third-order valence-electron chi connectivity index (χ3n) is 5.17. The maximum Gasteiger partial charge on any atom is 0.0646 e. The molecule has 0 saturated heterocycles. The summed E-state index contributed by atoms with van der Waals surface area (Å²) in [7, 11) is 0. The van der Waals surface area contributed by atoms with Gasteiger partial charge >= 0.3 is 0 Å². The topological polar surface area (TPSA) is 40.5 Å². The third kappa shape index (κ3) is 1.53. The normalized spacial score (nSPS) is 49.0. The second kappa shape index (κ2) is 3.46. The van der Waals surface area contributed by atoms with Gasteiger partial charge in [0.05, 0.1) is 6.10 Å². The molecule has 2 fully saturated rings. The number of hydrogen-bond donors (Lipinski definition) is 2. The van der Waals surface area contributed by atoms with E-state index >= 15 is 0 Å². The van der Waals surface area contributed by atoms with Crippen molar-refractivity contribution < 1.29 is 10.2 Å². The Kier molecular flexibility index (Phi) is 2.63. The van der Waals surface area contributed by atoms with E-state index in [-0.39, 0.29) is 24.0 Å². The minimum absolute atomic E-state index is 0.0507. The van der Waals surface area contributed by atoms with Gasteiger partial charge in [-0.25, -0.2) is 0 Å². The SMILES string of the molecule is CC1(C)CCCC2(C)[C@@H](O)[C@H](CO)C[C@@H]12. The molecular weight excluding hydrogens is 188 g/mol. The molecule has 0 aromatic carbocycles. The van der Waals surface area contributed by atoms with Gasteiger partial charge in [0.15, 0.2) is 0 Å². The molecule has 2 aliphatic rings. The molecule has 2 nitrogen and oxygen atoms in total. The Bertz CT molecular complexity index is 249. The molecule has 0 spiro atoms. The summed E-state index contributed by atoms with van der Waals surface area (Å²) < 4.78 is 0. The predicted molar refractivity (Wildman–Crippen MR) is 60.4 cm³/mol. The first-order valence-corrected chi connectivity index (χ1v) is 6.21. The largest absolute Gasteiger partial charge is 0.396 e. The Hall–Kier alpha value is -0.0800. The van der Waals surface area contributed by atoms with Crippen molar-refractivity contribution in [1.82, 2.24) is 0 Å². The zero-order valence-electron chi connectivity index (χ0n) is 10.2. The molecule has 88 valence electrons. The van der Waals surface area contributed by atoms with Crippen molar-refractivity contribution in [3.05, 3.63) is 0 Å². The third-order valence-corrected chi connectivity index (χ3v) is 5.17. The van der Waals surface area contributed by atoms with Crippen molar-refractivity contribution >= 4 is 0 Å². The fraction of sp³-hybridized carbons (Fsp3) is 1.00. The first-order valence-electron chi connectivity index (χ1n) is 6.21. The summed E-state index contributed by atoms with van der Waals surface area (Å²) in [6.07, 6.45) is 4.31. The molecule has 2 heteroatoms. The highest BCUT2D eigenvalue weighted by atomic mass is 16.3. The molecule has 2 N–H and O–H groups in total. The Morgan fingerprint density at radius 3 is 2.40 bits per heavy atom. The summed E-state index contributed by atoms with van der Waals surface area (Å²) in [5, 5.41) is 19.6. The average molecular weight is 212 g/mol. The van der Waals surface area contributed by atoms with E-state index in [4.69, 9.17) is 0 Å². The predicted octanol–water partition coefficient (Wildman–Crippen LogP) is 2.19. The summed E-state index contributed by atoms with van der Waals surface area (Å²) in [4.78, 5) is 0. The van der Waals surface area contributed by atoms with Crippen LogP contribution in [0, 0.1) is 22.7 Å². The summed E-state index contributed by atoms with van der Waals surface area (Å²) in [5.74, 6) is 0.684. The molecule has 0 aromatic heterocycles. The Balaban J connectivity index is 2.29. The maximum atomic E-state index is 10.3. The Morgan fingerprint density at radius 2 is 1.87 bits per heavy atom. The van der Waals surface area contributed by atoms with E-state index in [9.17, 15) is 10.2 Å². The lowest BCUT2D eigenvalue weighted by Gasteiger charge is -2.48. The van der Waals surface area contributed by atoms with Gasteiger partial charge in [-0.3, -0.25) is 0 Å². The van der Waals surface area contributed by atoms with Crippen LogP contribution in [0.5, 0.6) is 0 Å². The first kappa shape index (κ1) is 11.4. The molecule has 2 saturated carbocycles. The second-order valence-corrected chi connectivity index (χ2v) is 6.52. The van der Waals surface area contributed by atoms with Crippen LogP contribution in [-0.2, 0) is 0 Å². The van der Waals surface area contributed by atoms with Crippen molar-refractivity contribution in [2.75, 3.05) is 6.61 Å². The molecule has 0 amide bonds. The Morgan fingerprint density at radius 1 is 1.20 bits per heavy atom. The van der Waals surface area contributed by atoms with Crippen molar-refractivity contribution in [3.8, 4) is 0 Å². The summed E-state index contributed by atoms with van der Waals surface area (Å²) in [5.41, 5.74) is 0.382. The lowest BCUT2D eigenvalue weighted by molar-refractivity contribution is -0.0510. The van der Waals surface area contributed by atoms with Crippen LogP contribution >= 0.6 is 0 Å². The van der Waals surface area contributed by atoms with Crippen LogP contribution in [0.25, 0.3) is 0 Å². The number of aliphatic hydroxyl groups is 2. The van der Waals surface area contributed by atoms with Crippen LogP contribution in [-0.4, -0.2) is 22.9 Å². The zero-order chi connectivity index (χ0) is 11.3. The highest BCUT2D eigenvalue weighted by Gasteiger charge is 2.57. The highest BCUT2D eigenvalue weighted by Crippen LogP contribution is 2.60. The number of aliphatic hydroxyl groups excluding tert-OH is 2. The molecule has 2 aliphatic carbocycles. The summed E-state index contributed by atoms with van der Waals surface area (Å²) >= 11 is 0. The first-order chi connectivity index (χ1) is 6.92. The van der Waals surface area contributed by atoms with E-state index in [0.717, 1.165) is 12.8 Å². The zero-order valence-corrected chi connectivity index (χ0v) is 10.2. The van der Waals surface area contributed by atoms with E-state index in [1.165, 1.54) is 12.8 Å². The molecule has 15 heavy (non-hydrogen) atoms. The molecule has 0 aliphatic heterocycles. The standard InChI is InChI=1S/C13H24O2/c1-12(2)5-4-6-13(3)10(12)7-9(8-14)11(13)15/h9-11,14-15H,4-8H2,1-3H3/t9-,10-,11-,13?/m0/s1. The molecule has 0 bridgehead atoms. The van der Waals surface area contributed by atoms with Crippen LogP contribution < -0.4 is 0 Å². The minimum Gasteiger partial charge on any atom is -0.396 e. The maximum absolute atomic E-state index is 10.3. The monoisotopic (exact) mass is 212 g/mol. The van der Waals surface area contributed by atoms with E-state index in [1.807, 2.05) is 0 Å². The lowest BCUT2D eigenvalue weighted by Crippen LogP contribution is -2.44. The highest BCUT2D eigenvalue weighted by molar-refractivity contribution is 5.06. The van der Waals surface area contributed by atoms with Gasteiger partial charge in [0, 0.05) is 12.5 Å². The van der Waals surface area contributed by atoms with Crippen LogP contribution in [0.2, 0.25) is 0 Å². The molecule has 4 atom stereocenters. The van der Waals surface area contributed by atoms with E-state index in [2.05, 4.69) is 20.8 Å². The van der Waals surface area contributed by atoms with Crippen molar-refractivity contribution in [3.63, 3.8) is 0 Å². The van der Waals surface area contributed by atoms with E-state index in [0.29, 0.717) is 11.3 Å². The fourth-order valence-corrected chi connectivity index (χ4v) is 4.25. The molecule has 0 radical (unpaired) electrons. The van der Waals surface area contributed by atoms with E-state index in [1.54, 1.807) is 0 Å². The minimum atomic E-state index is -0.299. The summed E-state index contributed by atoms with van der Waals surface area (Å²) in [6.45, 7) is 7.01. The Labute approximate surface area is 92.7 Å². The van der Waals surface area contributed by atoms with Gasteiger partial charge in [0.2, 0.25) is 0 Å². The second-order valence-electron chi connectivity index (χ2n) is 6.52.